The quantitative estimate of drug-likeness (QED) is 0.701. The molecule has 0 saturated heterocycles. The van der Waals surface area contributed by atoms with E-state index in [9.17, 15) is 0 Å². The van der Waals surface area contributed by atoms with Gasteiger partial charge in [-0.2, -0.15) is 0 Å². The molecule has 1 aromatic rings. The molecule has 0 saturated carbocycles. The van der Waals surface area contributed by atoms with E-state index in [1.165, 1.54) is 9.14 Å². The van der Waals surface area contributed by atoms with E-state index in [-0.39, 0.29) is 0 Å². The monoisotopic (exact) mass is 308 g/mol. The van der Waals surface area contributed by atoms with Crippen LogP contribution in [0, 0.1) is 5.92 Å². The third-order valence-electron chi connectivity index (χ3n) is 2.42. The number of rotatable bonds is 2. The minimum absolute atomic E-state index is 0.558. The summed E-state index contributed by atoms with van der Waals surface area (Å²) in [5.74, 6) is 0.558. The number of benzene rings is 1. The Morgan fingerprint density at radius 2 is 2.00 bits per heavy atom. The van der Waals surface area contributed by atoms with Crippen LogP contribution in [-0.2, 0) is 0 Å². The van der Waals surface area contributed by atoms with E-state index in [0.29, 0.717) is 5.92 Å². The molecule has 15 heavy (non-hydrogen) atoms. The average Bonchev–Trinajstić information content (AvgIpc) is 2.31. The zero-order chi connectivity index (χ0) is 10.5. The van der Waals surface area contributed by atoms with E-state index < -0.39 is 0 Å². The lowest BCUT2D eigenvalue weighted by atomic mass is 9.99. The Kier molecular flexibility index (Phi) is 3.78. The molecule has 0 amide bonds. The van der Waals surface area contributed by atoms with Gasteiger partial charge >= 0.3 is 0 Å². The molecule has 0 nitrogen and oxygen atoms in total. The van der Waals surface area contributed by atoms with Gasteiger partial charge in [-0.15, -0.1) is 0 Å². The molecule has 0 fully saturated rings. The van der Waals surface area contributed by atoms with Gasteiger partial charge < -0.3 is 0 Å². The summed E-state index contributed by atoms with van der Waals surface area (Å²) >= 11 is 2.41. The van der Waals surface area contributed by atoms with Gasteiger partial charge in [0.05, 0.1) is 0 Å². The third-order valence-corrected chi connectivity index (χ3v) is 3.41. The van der Waals surface area contributed by atoms with Gasteiger partial charge in [-0.3, -0.25) is 0 Å². The Morgan fingerprint density at radius 3 is 2.67 bits per heavy atom. The fourth-order valence-electron chi connectivity index (χ4n) is 1.60. The highest BCUT2D eigenvalue weighted by atomic mass is 127. The summed E-state index contributed by atoms with van der Waals surface area (Å²) in [6, 6.07) is 10.5. The molecule has 1 aliphatic carbocycles. The second-order valence-corrected chi connectivity index (χ2v) is 4.76. The predicted octanol–water partition coefficient (Wildman–Crippen LogP) is 4.59. The van der Waals surface area contributed by atoms with Crippen molar-refractivity contribution in [2.75, 3.05) is 0 Å². The molecular weight excluding hydrogens is 295 g/mol. The molecule has 1 aliphatic rings. The maximum Gasteiger partial charge on any atom is 0.0168 e. The standard InChI is InChI=1S/C14H13I/c15-14(13-9-5-2-6-10-13)11-12-7-3-1-4-8-12/h1-7,9-12H,8H2/b14-11+. The predicted molar refractivity (Wildman–Crippen MR) is 74.8 cm³/mol. The zero-order valence-corrected chi connectivity index (χ0v) is 10.6. The van der Waals surface area contributed by atoms with E-state index in [1.54, 1.807) is 0 Å². The lowest BCUT2D eigenvalue weighted by Crippen LogP contribution is -1.93. The second kappa shape index (κ2) is 5.31. The Hall–Kier alpha value is -0.830. The van der Waals surface area contributed by atoms with Crippen molar-refractivity contribution < 1.29 is 0 Å². The van der Waals surface area contributed by atoms with Gasteiger partial charge in [0.2, 0.25) is 0 Å². The van der Waals surface area contributed by atoms with Crippen molar-refractivity contribution in [3.63, 3.8) is 0 Å². The highest BCUT2D eigenvalue weighted by molar-refractivity contribution is 14.1. The summed E-state index contributed by atoms with van der Waals surface area (Å²) in [5.41, 5.74) is 1.31. The SMILES string of the molecule is I/C(=C/C1C=CC=CC1)c1ccccc1. The van der Waals surface area contributed by atoms with Crippen molar-refractivity contribution in [1.29, 1.82) is 0 Å². The van der Waals surface area contributed by atoms with E-state index in [0.717, 1.165) is 6.42 Å². The molecule has 0 N–H and O–H groups in total. The summed E-state index contributed by atoms with van der Waals surface area (Å²) in [5, 5.41) is 0. The van der Waals surface area contributed by atoms with Crippen molar-refractivity contribution in [2.45, 2.75) is 6.42 Å². The van der Waals surface area contributed by atoms with Gasteiger partial charge in [0.25, 0.3) is 0 Å². The van der Waals surface area contributed by atoms with Crippen molar-refractivity contribution >= 4 is 26.2 Å². The normalized spacial score (nSPS) is 20.6. The molecule has 0 heterocycles. The number of hydrogen-bond acceptors (Lipinski definition) is 0. The molecule has 0 bridgehead atoms. The first-order chi connectivity index (χ1) is 7.36. The fraction of sp³-hybridized carbons (Fsp3) is 0.143. The number of hydrogen-bond donors (Lipinski definition) is 0. The molecule has 1 unspecified atom stereocenters. The summed E-state index contributed by atoms with van der Waals surface area (Å²) < 4.78 is 1.33. The first kappa shape index (κ1) is 10.7. The summed E-state index contributed by atoms with van der Waals surface area (Å²) in [7, 11) is 0. The van der Waals surface area contributed by atoms with Crippen LogP contribution in [0.4, 0.5) is 0 Å². The molecule has 0 aliphatic heterocycles. The number of halogens is 1. The molecule has 0 spiro atoms. The van der Waals surface area contributed by atoms with E-state index >= 15 is 0 Å². The van der Waals surface area contributed by atoms with Crippen LogP contribution in [0.1, 0.15) is 12.0 Å². The third kappa shape index (κ3) is 3.06. The molecular formula is C14H13I. The van der Waals surface area contributed by atoms with Gasteiger partial charge in [0.15, 0.2) is 0 Å². The van der Waals surface area contributed by atoms with Crippen LogP contribution in [0.2, 0.25) is 0 Å². The van der Waals surface area contributed by atoms with Gasteiger partial charge in [-0.25, -0.2) is 0 Å². The van der Waals surface area contributed by atoms with Gasteiger partial charge in [-0.1, -0.05) is 60.7 Å². The zero-order valence-electron chi connectivity index (χ0n) is 8.44. The van der Waals surface area contributed by atoms with Gasteiger partial charge in [0.1, 0.15) is 0 Å². The van der Waals surface area contributed by atoms with Crippen molar-refractivity contribution in [1.82, 2.24) is 0 Å². The molecule has 1 atom stereocenters. The average molecular weight is 308 g/mol. The summed E-state index contributed by atoms with van der Waals surface area (Å²) in [6.07, 6.45) is 12.2. The second-order valence-electron chi connectivity index (χ2n) is 3.59. The molecule has 1 aromatic carbocycles. The Labute approximate surface area is 105 Å². The maximum atomic E-state index is 2.41. The van der Waals surface area contributed by atoms with Crippen LogP contribution in [0.5, 0.6) is 0 Å². The lowest BCUT2D eigenvalue weighted by Gasteiger charge is -2.09. The minimum Gasteiger partial charge on any atom is -0.0836 e. The number of allylic oxidation sites excluding steroid dienone is 5. The molecule has 2 rings (SSSR count). The first-order valence-corrected chi connectivity index (χ1v) is 6.20. The highest BCUT2D eigenvalue weighted by Crippen LogP contribution is 2.25. The molecule has 0 radical (unpaired) electrons. The molecule has 76 valence electrons. The van der Waals surface area contributed by atoms with Crippen LogP contribution in [0.15, 0.2) is 60.7 Å². The largest absolute Gasteiger partial charge is 0.0836 e. The Morgan fingerprint density at radius 1 is 1.20 bits per heavy atom. The topological polar surface area (TPSA) is 0 Å². The Bertz CT molecular complexity index is 399. The van der Waals surface area contributed by atoms with Crippen LogP contribution < -0.4 is 0 Å². The Balaban J connectivity index is 2.14. The van der Waals surface area contributed by atoms with Gasteiger partial charge in [0, 0.05) is 3.58 Å². The van der Waals surface area contributed by atoms with E-state index in [1.807, 2.05) is 0 Å². The highest BCUT2D eigenvalue weighted by Gasteiger charge is 2.03. The maximum absolute atomic E-state index is 2.41. The van der Waals surface area contributed by atoms with Crippen LogP contribution >= 0.6 is 22.6 Å². The van der Waals surface area contributed by atoms with Crippen LogP contribution in [0.25, 0.3) is 3.58 Å². The van der Waals surface area contributed by atoms with E-state index in [2.05, 4.69) is 83.3 Å². The lowest BCUT2D eigenvalue weighted by molar-refractivity contribution is 0.826. The fourth-order valence-corrected chi connectivity index (χ4v) is 2.43. The minimum atomic E-state index is 0.558. The van der Waals surface area contributed by atoms with Crippen molar-refractivity contribution in [3.8, 4) is 0 Å². The summed E-state index contributed by atoms with van der Waals surface area (Å²) in [4.78, 5) is 0. The van der Waals surface area contributed by atoms with E-state index in [4.69, 9.17) is 0 Å². The smallest absolute Gasteiger partial charge is 0.0168 e. The van der Waals surface area contributed by atoms with Crippen LogP contribution in [-0.4, -0.2) is 0 Å². The molecule has 0 aromatic heterocycles. The molecule has 1 heteroatoms. The van der Waals surface area contributed by atoms with Crippen LogP contribution in [0.3, 0.4) is 0 Å². The first-order valence-electron chi connectivity index (χ1n) is 5.12. The summed E-state index contributed by atoms with van der Waals surface area (Å²) in [6.45, 7) is 0. The van der Waals surface area contributed by atoms with Crippen molar-refractivity contribution in [2.24, 2.45) is 5.92 Å². The van der Waals surface area contributed by atoms with Gasteiger partial charge in [-0.05, 0) is 40.5 Å². The van der Waals surface area contributed by atoms with Crippen molar-refractivity contribution in [3.05, 3.63) is 66.3 Å².